The number of hydrogen-bond donors (Lipinski definition) is 1. The van der Waals surface area contributed by atoms with Gasteiger partial charge in [0.25, 0.3) is 0 Å². The number of ether oxygens (including phenoxy) is 2. The van der Waals surface area contributed by atoms with Crippen LogP contribution in [0.15, 0.2) is 30.5 Å². The van der Waals surface area contributed by atoms with Crippen molar-refractivity contribution < 1.29 is 14.3 Å². The predicted octanol–water partition coefficient (Wildman–Crippen LogP) is 2.00. The first-order chi connectivity index (χ1) is 8.75. The monoisotopic (exact) mass is 245 g/mol. The van der Waals surface area contributed by atoms with Gasteiger partial charge in [-0.1, -0.05) is 18.2 Å². The Hall–Kier alpha value is -1.81. The number of para-hydroxylation sites is 1. The molecule has 3 rings (SSSR count). The minimum atomic E-state index is -0.229. The smallest absolute Gasteiger partial charge is 0.306 e. The highest BCUT2D eigenvalue weighted by Gasteiger charge is 2.44. The van der Waals surface area contributed by atoms with Crippen molar-refractivity contribution in [1.29, 1.82) is 0 Å². The molecule has 0 aliphatic carbocycles. The van der Waals surface area contributed by atoms with Crippen molar-refractivity contribution >= 4 is 16.9 Å². The third kappa shape index (κ3) is 1.61. The van der Waals surface area contributed by atoms with Crippen LogP contribution in [0.3, 0.4) is 0 Å². The van der Waals surface area contributed by atoms with Gasteiger partial charge in [-0.15, -0.1) is 0 Å². The Morgan fingerprint density at radius 1 is 1.44 bits per heavy atom. The van der Waals surface area contributed by atoms with Gasteiger partial charge in [-0.2, -0.15) is 0 Å². The molecule has 1 saturated heterocycles. The minimum absolute atomic E-state index is 0.191. The standard InChI is InChI=1S/C14H15NO3/c1-17-13(16)6-14(8-18-9-14)11-7-15-12-5-3-2-4-10(11)12/h2-5,7,15H,6,8-9H2,1H3. The molecule has 1 aliphatic heterocycles. The zero-order valence-corrected chi connectivity index (χ0v) is 10.2. The molecule has 2 aromatic rings. The van der Waals surface area contributed by atoms with Crippen LogP contribution in [0, 0.1) is 0 Å². The van der Waals surface area contributed by atoms with Crippen LogP contribution in [-0.2, 0) is 19.7 Å². The Bertz CT molecular complexity index is 583. The molecule has 0 atom stereocenters. The molecule has 4 nitrogen and oxygen atoms in total. The Kier molecular flexibility index (Phi) is 2.59. The Balaban J connectivity index is 2.03. The summed E-state index contributed by atoms with van der Waals surface area (Å²) >= 11 is 0. The van der Waals surface area contributed by atoms with Gasteiger partial charge in [0.1, 0.15) is 0 Å². The quantitative estimate of drug-likeness (QED) is 0.841. The maximum Gasteiger partial charge on any atom is 0.306 e. The zero-order chi connectivity index (χ0) is 12.6. The molecule has 0 bridgehead atoms. The average Bonchev–Trinajstić information content (AvgIpc) is 2.78. The van der Waals surface area contributed by atoms with E-state index in [1.165, 1.54) is 7.11 Å². The third-order valence-corrected chi connectivity index (χ3v) is 3.63. The van der Waals surface area contributed by atoms with Gasteiger partial charge in [0.15, 0.2) is 0 Å². The summed E-state index contributed by atoms with van der Waals surface area (Å²) in [5, 5.41) is 1.16. The van der Waals surface area contributed by atoms with E-state index in [1.54, 1.807) is 0 Å². The summed E-state index contributed by atoms with van der Waals surface area (Å²) in [6.07, 6.45) is 2.35. The van der Waals surface area contributed by atoms with Gasteiger partial charge >= 0.3 is 5.97 Å². The summed E-state index contributed by atoms with van der Waals surface area (Å²) in [6.45, 7) is 1.15. The van der Waals surface area contributed by atoms with Crippen molar-refractivity contribution in [2.75, 3.05) is 20.3 Å². The van der Waals surface area contributed by atoms with Gasteiger partial charge < -0.3 is 14.5 Å². The summed E-state index contributed by atoms with van der Waals surface area (Å²) in [7, 11) is 1.42. The van der Waals surface area contributed by atoms with Crippen LogP contribution in [0.4, 0.5) is 0 Å². The second-order valence-electron chi connectivity index (χ2n) is 4.77. The molecule has 0 radical (unpaired) electrons. The first kappa shape index (κ1) is 11.3. The number of carbonyl (C=O) groups is 1. The fraction of sp³-hybridized carbons (Fsp3) is 0.357. The highest BCUT2D eigenvalue weighted by atomic mass is 16.5. The van der Waals surface area contributed by atoms with E-state index in [1.807, 2.05) is 24.4 Å². The summed E-state index contributed by atoms with van der Waals surface area (Å²) < 4.78 is 10.1. The number of H-pyrrole nitrogens is 1. The van der Waals surface area contributed by atoms with Crippen molar-refractivity contribution in [3.8, 4) is 0 Å². The number of aromatic nitrogens is 1. The van der Waals surface area contributed by atoms with Crippen LogP contribution in [0.2, 0.25) is 0 Å². The van der Waals surface area contributed by atoms with Crippen molar-refractivity contribution in [2.24, 2.45) is 0 Å². The highest BCUT2D eigenvalue weighted by molar-refractivity contribution is 5.85. The number of aromatic amines is 1. The van der Waals surface area contributed by atoms with Gasteiger partial charge in [-0.3, -0.25) is 4.79 Å². The lowest BCUT2D eigenvalue weighted by Gasteiger charge is -2.40. The Morgan fingerprint density at radius 3 is 2.89 bits per heavy atom. The lowest BCUT2D eigenvalue weighted by atomic mass is 9.76. The van der Waals surface area contributed by atoms with E-state index in [4.69, 9.17) is 9.47 Å². The highest BCUT2D eigenvalue weighted by Crippen LogP contribution is 2.39. The van der Waals surface area contributed by atoms with E-state index in [9.17, 15) is 4.79 Å². The van der Waals surface area contributed by atoms with Crippen molar-refractivity contribution in [2.45, 2.75) is 11.8 Å². The summed E-state index contributed by atoms with van der Waals surface area (Å²) in [5.74, 6) is -0.191. The van der Waals surface area contributed by atoms with Gasteiger partial charge in [-0.05, 0) is 11.6 Å². The van der Waals surface area contributed by atoms with Crippen molar-refractivity contribution in [3.05, 3.63) is 36.0 Å². The number of esters is 1. The molecular formula is C14H15NO3. The molecule has 0 spiro atoms. The number of carbonyl (C=O) groups excluding carboxylic acids is 1. The van der Waals surface area contributed by atoms with E-state index in [2.05, 4.69) is 11.1 Å². The molecule has 1 aliphatic rings. The van der Waals surface area contributed by atoms with Gasteiger partial charge in [0.05, 0.1) is 32.2 Å². The Morgan fingerprint density at radius 2 is 2.22 bits per heavy atom. The maximum atomic E-state index is 11.6. The second-order valence-corrected chi connectivity index (χ2v) is 4.77. The SMILES string of the molecule is COC(=O)CC1(c2c[nH]c3ccccc23)COC1. The largest absolute Gasteiger partial charge is 0.469 e. The van der Waals surface area contributed by atoms with Crippen LogP contribution in [0.5, 0.6) is 0 Å². The molecular weight excluding hydrogens is 230 g/mol. The number of hydrogen-bond acceptors (Lipinski definition) is 3. The van der Waals surface area contributed by atoms with Crippen LogP contribution >= 0.6 is 0 Å². The van der Waals surface area contributed by atoms with Gasteiger partial charge in [0, 0.05) is 17.1 Å². The normalized spacial score (nSPS) is 17.4. The molecule has 1 aromatic heterocycles. The average molecular weight is 245 g/mol. The Labute approximate surface area is 105 Å². The molecule has 94 valence electrons. The molecule has 1 fully saturated rings. The van der Waals surface area contributed by atoms with E-state index in [0.29, 0.717) is 19.6 Å². The topological polar surface area (TPSA) is 51.3 Å². The molecule has 1 N–H and O–H groups in total. The second kappa shape index (κ2) is 4.14. The van der Waals surface area contributed by atoms with Crippen LogP contribution in [0.25, 0.3) is 10.9 Å². The van der Waals surface area contributed by atoms with E-state index in [-0.39, 0.29) is 11.4 Å². The van der Waals surface area contributed by atoms with Crippen molar-refractivity contribution in [1.82, 2.24) is 4.98 Å². The predicted molar refractivity (Wildman–Crippen MR) is 67.4 cm³/mol. The lowest BCUT2D eigenvalue weighted by Crippen LogP contribution is -2.48. The number of benzene rings is 1. The first-order valence-corrected chi connectivity index (χ1v) is 5.96. The number of rotatable bonds is 3. The molecule has 1 aromatic carbocycles. The fourth-order valence-corrected chi connectivity index (χ4v) is 2.56. The van der Waals surface area contributed by atoms with E-state index in [0.717, 1.165) is 16.5 Å². The molecule has 0 unspecified atom stereocenters. The van der Waals surface area contributed by atoms with Gasteiger partial charge in [0.2, 0.25) is 0 Å². The zero-order valence-electron chi connectivity index (χ0n) is 10.2. The number of methoxy groups -OCH3 is 1. The van der Waals surface area contributed by atoms with Gasteiger partial charge in [-0.25, -0.2) is 0 Å². The molecule has 2 heterocycles. The summed E-state index contributed by atoms with van der Waals surface area (Å²) in [4.78, 5) is 14.8. The van der Waals surface area contributed by atoms with Crippen LogP contribution in [-0.4, -0.2) is 31.3 Å². The van der Waals surface area contributed by atoms with Crippen LogP contribution < -0.4 is 0 Å². The summed E-state index contributed by atoms with van der Waals surface area (Å²) in [5.41, 5.74) is 2.01. The lowest BCUT2D eigenvalue weighted by molar-refractivity contribution is -0.148. The first-order valence-electron chi connectivity index (χ1n) is 5.96. The number of nitrogens with one attached hydrogen (secondary N) is 1. The van der Waals surface area contributed by atoms with E-state index < -0.39 is 0 Å². The van der Waals surface area contributed by atoms with E-state index >= 15 is 0 Å². The minimum Gasteiger partial charge on any atom is -0.469 e. The molecule has 18 heavy (non-hydrogen) atoms. The molecule has 0 amide bonds. The maximum absolute atomic E-state index is 11.6. The van der Waals surface area contributed by atoms with Crippen LogP contribution in [0.1, 0.15) is 12.0 Å². The number of fused-ring (bicyclic) bond motifs is 1. The molecule has 4 heteroatoms. The summed E-state index contributed by atoms with van der Waals surface area (Å²) in [6, 6.07) is 8.10. The van der Waals surface area contributed by atoms with Crippen molar-refractivity contribution in [3.63, 3.8) is 0 Å². The fourth-order valence-electron chi connectivity index (χ4n) is 2.56. The molecule has 0 saturated carbocycles. The third-order valence-electron chi connectivity index (χ3n) is 3.63.